The average molecular weight is 317 g/mol. The van der Waals surface area contributed by atoms with Crippen LogP contribution in [0.3, 0.4) is 0 Å². The number of benzene rings is 1. The third kappa shape index (κ3) is 2.72. The molecule has 0 atom stereocenters. The number of hydrogen-bond donors (Lipinski definition) is 0. The van der Waals surface area contributed by atoms with Crippen LogP contribution < -0.4 is 0 Å². The van der Waals surface area contributed by atoms with Crippen molar-refractivity contribution in [2.75, 3.05) is 7.11 Å². The molecule has 0 unspecified atom stereocenters. The van der Waals surface area contributed by atoms with Gasteiger partial charge >= 0.3 is 5.97 Å². The van der Waals surface area contributed by atoms with Crippen LogP contribution in [0.5, 0.6) is 0 Å². The molecule has 1 aliphatic heterocycles. The lowest BCUT2D eigenvalue weighted by Crippen LogP contribution is -2.15. The number of rotatable bonds is 3. The van der Waals surface area contributed by atoms with E-state index in [1.165, 1.54) is 12.7 Å². The van der Waals surface area contributed by atoms with Gasteiger partial charge in [-0.1, -0.05) is 41.9 Å². The Bertz CT molecular complexity index is 716. The number of methoxy groups -OCH3 is 1. The predicted octanol–water partition coefficient (Wildman–Crippen LogP) is 3.35. The summed E-state index contributed by atoms with van der Waals surface area (Å²) in [6.07, 6.45) is 0. The molecule has 5 heteroatoms. The fraction of sp³-hybridized carbons (Fsp3) is 0.294. The zero-order chi connectivity index (χ0) is 15.7. The molecule has 2 aromatic rings. The Morgan fingerprint density at radius 1 is 1.32 bits per heavy atom. The first-order chi connectivity index (χ1) is 10.6. The van der Waals surface area contributed by atoms with Gasteiger partial charge in [0.2, 0.25) is 0 Å². The molecule has 3 rings (SSSR count). The first-order valence-electron chi connectivity index (χ1n) is 7.12. The van der Waals surface area contributed by atoms with Crippen LogP contribution in [-0.4, -0.2) is 23.0 Å². The normalized spacial score (nSPS) is 14.0. The van der Waals surface area contributed by atoms with Gasteiger partial charge in [-0.25, -0.2) is 9.78 Å². The highest BCUT2D eigenvalue weighted by atomic mass is 35.5. The number of halogens is 1. The SMILES string of the molecule is COC(=O)c1c(Cl)nc2c(c1C)CN(Cc1ccccc1)C2. The first-order valence-corrected chi connectivity index (χ1v) is 7.50. The second-order valence-corrected chi connectivity index (χ2v) is 5.81. The van der Waals surface area contributed by atoms with E-state index in [4.69, 9.17) is 16.3 Å². The number of fused-ring (bicyclic) bond motifs is 1. The minimum Gasteiger partial charge on any atom is -0.465 e. The summed E-state index contributed by atoms with van der Waals surface area (Å²) < 4.78 is 4.80. The van der Waals surface area contributed by atoms with Crippen molar-refractivity contribution in [1.29, 1.82) is 0 Å². The second-order valence-electron chi connectivity index (χ2n) is 5.45. The van der Waals surface area contributed by atoms with Crippen molar-refractivity contribution >= 4 is 17.6 Å². The average Bonchev–Trinajstić information content (AvgIpc) is 2.90. The first kappa shape index (κ1) is 15.0. The molecular formula is C17H17ClN2O2. The molecule has 114 valence electrons. The van der Waals surface area contributed by atoms with Gasteiger partial charge < -0.3 is 4.74 Å². The predicted molar refractivity (Wildman–Crippen MR) is 84.7 cm³/mol. The van der Waals surface area contributed by atoms with E-state index in [0.717, 1.165) is 36.5 Å². The van der Waals surface area contributed by atoms with E-state index in [9.17, 15) is 4.79 Å². The van der Waals surface area contributed by atoms with Gasteiger partial charge in [0, 0.05) is 19.6 Å². The van der Waals surface area contributed by atoms with E-state index in [2.05, 4.69) is 22.0 Å². The number of aromatic nitrogens is 1. The van der Waals surface area contributed by atoms with Crippen molar-refractivity contribution in [1.82, 2.24) is 9.88 Å². The van der Waals surface area contributed by atoms with Gasteiger partial charge in [0.1, 0.15) is 10.7 Å². The molecule has 0 amide bonds. The third-order valence-corrected chi connectivity index (χ3v) is 4.28. The van der Waals surface area contributed by atoms with Gasteiger partial charge in [-0.2, -0.15) is 0 Å². The van der Waals surface area contributed by atoms with Gasteiger partial charge in [0.25, 0.3) is 0 Å². The standard InChI is InChI=1S/C17H17ClN2O2/c1-11-13-9-20(8-12-6-4-3-5-7-12)10-14(13)19-16(18)15(11)17(21)22-2/h3-7H,8-10H2,1-2H3. The molecule has 0 fully saturated rings. The zero-order valence-corrected chi connectivity index (χ0v) is 13.4. The highest BCUT2D eigenvalue weighted by Gasteiger charge is 2.27. The van der Waals surface area contributed by atoms with Gasteiger partial charge in [0.15, 0.2) is 0 Å². The van der Waals surface area contributed by atoms with E-state index in [-0.39, 0.29) is 5.15 Å². The summed E-state index contributed by atoms with van der Waals surface area (Å²) in [6, 6.07) is 10.3. The van der Waals surface area contributed by atoms with Crippen molar-refractivity contribution in [3.05, 3.63) is 63.4 Å². The maximum absolute atomic E-state index is 11.9. The highest BCUT2D eigenvalue weighted by Crippen LogP contribution is 2.31. The van der Waals surface area contributed by atoms with E-state index >= 15 is 0 Å². The third-order valence-electron chi connectivity index (χ3n) is 4.01. The number of pyridine rings is 1. The van der Waals surface area contributed by atoms with Crippen molar-refractivity contribution in [2.45, 2.75) is 26.6 Å². The van der Waals surface area contributed by atoms with Crippen LogP contribution in [0, 0.1) is 6.92 Å². The van der Waals surface area contributed by atoms with E-state index < -0.39 is 5.97 Å². The van der Waals surface area contributed by atoms with Crippen LogP contribution in [0.15, 0.2) is 30.3 Å². The molecule has 22 heavy (non-hydrogen) atoms. The second kappa shape index (κ2) is 6.07. The molecule has 1 aromatic carbocycles. The Kier molecular flexibility index (Phi) is 4.14. The molecule has 0 radical (unpaired) electrons. The van der Waals surface area contributed by atoms with Crippen LogP contribution >= 0.6 is 11.6 Å². The largest absolute Gasteiger partial charge is 0.465 e. The highest BCUT2D eigenvalue weighted by molar-refractivity contribution is 6.32. The Morgan fingerprint density at radius 3 is 2.73 bits per heavy atom. The van der Waals surface area contributed by atoms with Gasteiger partial charge in [-0.3, -0.25) is 4.90 Å². The summed E-state index contributed by atoms with van der Waals surface area (Å²) in [5.74, 6) is -0.431. The minimum atomic E-state index is -0.431. The lowest BCUT2D eigenvalue weighted by molar-refractivity contribution is 0.0599. The van der Waals surface area contributed by atoms with Crippen LogP contribution in [0.2, 0.25) is 5.15 Å². The molecule has 0 bridgehead atoms. The monoisotopic (exact) mass is 316 g/mol. The lowest BCUT2D eigenvalue weighted by atomic mass is 10.0. The topological polar surface area (TPSA) is 42.4 Å². The van der Waals surface area contributed by atoms with Gasteiger partial charge in [-0.05, 0) is 23.6 Å². The quantitative estimate of drug-likeness (QED) is 0.643. The van der Waals surface area contributed by atoms with Crippen molar-refractivity contribution < 1.29 is 9.53 Å². The molecule has 1 aromatic heterocycles. The van der Waals surface area contributed by atoms with Crippen molar-refractivity contribution in [3.8, 4) is 0 Å². The number of ether oxygens (including phenoxy) is 1. The maximum Gasteiger partial charge on any atom is 0.341 e. The summed E-state index contributed by atoms with van der Waals surface area (Å²) in [6.45, 7) is 4.27. The number of carbonyl (C=O) groups is 1. The molecule has 2 heterocycles. The van der Waals surface area contributed by atoms with Crippen LogP contribution in [0.25, 0.3) is 0 Å². The fourth-order valence-corrected chi connectivity index (χ4v) is 3.21. The summed E-state index contributed by atoms with van der Waals surface area (Å²) in [5.41, 5.74) is 4.54. The molecule has 0 N–H and O–H groups in total. The van der Waals surface area contributed by atoms with Crippen molar-refractivity contribution in [2.24, 2.45) is 0 Å². The van der Waals surface area contributed by atoms with E-state index in [0.29, 0.717) is 5.56 Å². The smallest absolute Gasteiger partial charge is 0.341 e. The van der Waals surface area contributed by atoms with Crippen LogP contribution in [0.1, 0.15) is 32.7 Å². The molecule has 4 nitrogen and oxygen atoms in total. The number of hydrogen-bond acceptors (Lipinski definition) is 4. The summed E-state index contributed by atoms with van der Waals surface area (Å²) in [4.78, 5) is 18.6. The number of nitrogens with zero attached hydrogens (tertiary/aromatic N) is 2. The Hall–Kier alpha value is -1.91. The molecular weight excluding hydrogens is 300 g/mol. The van der Waals surface area contributed by atoms with E-state index in [1.807, 2.05) is 25.1 Å². The summed E-state index contributed by atoms with van der Waals surface area (Å²) >= 11 is 6.16. The Labute approximate surface area is 134 Å². The zero-order valence-electron chi connectivity index (χ0n) is 12.6. The fourth-order valence-electron chi connectivity index (χ4n) is 2.89. The van der Waals surface area contributed by atoms with Gasteiger partial charge in [0.05, 0.1) is 12.8 Å². The number of esters is 1. The lowest BCUT2D eigenvalue weighted by Gasteiger charge is -2.14. The summed E-state index contributed by atoms with van der Waals surface area (Å²) in [5, 5.41) is 0.227. The number of carbonyl (C=O) groups excluding carboxylic acids is 1. The van der Waals surface area contributed by atoms with Crippen molar-refractivity contribution in [3.63, 3.8) is 0 Å². The Morgan fingerprint density at radius 2 is 2.05 bits per heavy atom. The molecule has 1 aliphatic rings. The minimum absolute atomic E-state index is 0.227. The molecule has 0 saturated heterocycles. The van der Waals surface area contributed by atoms with E-state index in [1.54, 1.807) is 0 Å². The molecule has 0 aliphatic carbocycles. The van der Waals surface area contributed by atoms with Crippen LogP contribution in [0.4, 0.5) is 0 Å². The Balaban J connectivity index is 1.87. The maximum atomic E-state index is 11.9. The molecule has 0 saturated carbocycles. The van der Waals surface area contributed by atoms with Crippen LogP contribution in [-0.2, 0) is 24.4 Å². The van der Waals surface area contributed by atoms with Gasteiger partial charge in [-0.15, -0.1) is 0 Å². The summed E-state index contributed by atoms with van der Waals surface area (Å²) in [7, 11) is 1.35. The molecule has 0 spiro atoms.